The smallest absolute Gasteiger partial charge is 0.326 e. The van der Waals surface area contributed by atoms with E-state index in [9.17, 15) is 38.7 Å². The molecule has 0 aromatic rings. The Labute approximate surface area is 331 Å². The molecule has 0 fully saturated rings. The highest BCUT2D eigenvalue weighted by Crippen LogP contribution is 2.12. The lowest BCUT2D eigenvalue weighted by Gasteiger charge is -2.14. The van der Waals surface area contributed by atoms with E-state index in [1.165, 1.54) is 0 Å². The fourth-order valence-electron chi connectivity index (χ4n) is 5.26. The summed E-state index contributed by atoms with van der Waals surface area (Å²) in [7, 11) is 1.73. The molecule has 18 heteroatoms. The Morgan fingerprint density at radius 2 is 1.00 bits per heavy atom. The van der Waals surface area contributed by atoms with Crippen LogP contribution in [-0.4, -0.2) is 144 Å². The van der Waals surface area contributed by atoms with Gasteiger partial charge >= 0.3 is 11.9 Å². The highest BCUT2D eigenvalue weighted by atomic mass is 16.5. The Morgan fingerprint density at radius 1 is 0.518 bits per heavy atom. The summed E-state index contributed by atoms with van der Waals surface area (Å²) >= 11 is 0. The summed E-state index contributed by atoms with van der Waals surface area (Å²) in [4.78, 5) is 80.9. The molecule has 0 spiro atoms. The number of carbonyl (C=O) groups is 7. The third-order valence-corrected chi connectivity index (χ3v) is 8.48. The molecule has 2 atom stereocenters. The van der Waals surface area contributed by atoms with Gasteiger partial charge in [-0.15, -0.1) is 0 Å². The van der Waals surface area contributed by atoms with E-state index >= 15 is 0 Å². The first-order chi connectivity index (χ1) is 27.1. The van der Waals surface area contributed by atoms with Crippen molar-refractivity contribution in [3.8, 4) is 0 Å². The maximum atomic E-state index is 12.2. The number of ether oxygens (including phenoxy) is 4. The summed E-state index contributed by atoms with van der Waals surface area (Å²) in [5, 5.41) is 31.6. The fourth-order valence-corrected chi connectivity index (χ4v) is 5.26. The molecule has 2 unspecified atom stereocenters. The highest BCUT2D eigenvalue weighted by Gasteiger charge is 2.20. The number of rotatable bonds is 41. The van der Waals surface area contributed by atoms with Crippen LogP contribution >= 0.6 is 0 Å². The molecule has 0 aliphatic rings. The van der Waals surface area contributed by atoms with Crippen LogP contribution in [0, 0.1) is 0 Å². The number of likely N-dealkylation sites (N-methyl/N-ethyl adjacent to an activating group) is 1. The summed E-state index contributed by atoms with van der Waals surface area (Å²) < 4.78 is 21.3. The summed E-state index contributed by atoms with van der Waals surface area (Å²) in [6.45, 7) is 2.08. The minimum Gasteiger partial charge on any atom is -0.481 e. The molecule has 0 rings (SSSR count). The largest absolute Gasteiger partial charge is 0.481 e. The van der Waals surface area contributed by atoms with Crippen molar-refractivity contribution < 1.29 is 62.7 Å². The van der Waals surface area contributed by atoms with Gasteiger partial charge in [-0.1, -0.05) is 51.4 Å². The number of hydrogen-bond donors (Lipinski definition) is 7. The van der Waals surface area contributed by atoms with Gasteiger partial charge in [-0.3, -0.25) is 24.0 Å². The van der Waals surface area contributed by atoms with Gasteiger partial charge in [0.15, 0.2) is 0 Å². The molecule has 0 aromatic carbocycles. The predicted octanol–water partition coefficient (Wildman–Crippen LogP) is 1.47. The third kappa shape index (κ3) is 36.0. The molecule has 0 saturated carbocycles. The molecule has 56 heavy (non-hydrogen) atoms. The zero-order chi connectivity index (χ0) is 41.5. The topological polar surface area (TPSA) is 257 Å². The van der Waals surface area contributed by atoms with E-state index in [-0.39, 0.29) is 121 Å². The van der Waals surface area contributed by atoms with Crippen LogP contribution in [0.2, 0.25) is 0 Å². The van der Waals surface area contributed by atoms with Crippen molar-refractivity contribution in [2.75, 3.05) is 79.5 Å². The van der Waals surface area contributed by atoms with Crippen molar-refractivity contribution >= 4 is 41.9 Å². The molecule has 0 radical (unpaired) electrons. The zero-order valence-corrected chi connectivity index (χ0v) is 33.4. The second-order valence-corrected chi connectivity index (χ2v) is 13.3. The number of amides is 4. The average Bonchev–Trinajstić information content (AvgIpc) is 3.16. The van der Waals surface area contributed by atoms with Gasteiger partial charge in [0.1, 0.15) is 25.5 Å². The molecular weight excluding hydrogens is 734 g/mol. The van der Waals surface area contributed by atoms with Crippen molar-refractivity contribution in [3.05, 3.63) is 0 Å². The first-order valence-electron chi connectivity index (χ1n) is 20.1. The van der Waals surface area contributed by atoms with Gasteiger partial charge in [-0.25, -0.2) is 4.79 Å². The number of hydrogen-bond acceptors (Lipinski definition) is 12. The molecule has 7 N–H and O–H groups in total. The van der Waals surface area contributed by atoms with Gasteiger partial charge in [0.05, 0.1) is 45.7 Å². The van der Waals surface area contributed by atoms with E-state index in [0.717, 1.165) is 83.3 Å². The van der Waals surface area contributed by atoms with Crippen molar-refractivity contribution in [1.82, 2.24) is 26.6 Å². The van der Waals surface area contributed by atoms with E-state index < -0.39 is 18.0 Å². The van der Waals surface area contributed by atoms with Gasteiger partial charge in [0, 0.05) is 38.9 Å². The normalized spacial score (nSPS) is 12.0. The number of unbranched alkanes of at least 4 members (excludes halogenated alkanes) is 10. The molecule has 0 heterocycles. The van der Waals surface area contributed by atoms with E-state index in [0.29, 0.717) is 13.0 Å². The van der Waals surface area contributed by atoms with E-state index in [4.69, 9.17) is 24.1 Å². The maximum Gasteiger partial charge on any atom is 0.326 e. The second kappa shape index (κ2) is 38.2. The van der Waals surface area contributed by atoms with Gasteiger partial charge < -0.3 is 60.5 Å². The van der Waals surface area contributed by atoms with Crippen molar-refractivity contribution in [2.45, 2.75) is 121 Å². The van der Waals surface area contributed by atoms with Crippen LogP contribution < -0.4 is 26.6 Å². The molecule has 0 aliphatic heterocycles. The monoisotopic (exact) mass is 803 g/mol. The molecule has 0 aliphatic carbocycles. The minimum absolute atomic E-state index is 0.0360. The summed E-state index contributed by atoms with van der Waals surface area (Å²) in [5.41, 5.74) is 0. The minimum atomic E-state index is -1.19. The fraction of sp³-hybridized carbons (Fsp3) is 0.816. The van der Waals surface area contributed by atoms with Crippen LogP contribution in [-0.2, 0) is 52.5 Å². The van der Waals surface area contributed by atoms with Crippen LogP contribution in [0.3, 0.4) is 0 Å². The zero-order valence-electron chi connectivity index (χ0n) is 33.4. The predicted molar refractivity (Wildman–Crippen MR) is 207 cm³/mol. The molecule has 0 aromatic heterocycles. The number of carbonyl (C=O) groups excluding carboxylic acids is 5. The van der Waals surface area contributed by atoms with Crippen molar-refractivity contribution in [2.24, 2.45) is 0 Å². The lowest BCUT2D eigenvalue weighted by Crippen LogP contribution is -2.41. The van der Waals surface area contributed by atoms with Gasteiger partial charge in [0.2, 0.25) is 23.6 Å². The van der Waals surface area contributed by atoms with Gasteiger partial charge in [-0.05, 0) is 45.6 Å². The number of nitrogens with one attached hydrogen (secondary N) is 5. The van der Waals surface area contributed by atoms with E-state index in [1.807, 2.05) is 0 Å². The molecule has 18 nitrogen and oxygen atoms in total. The molecule has 0 bridgehead atoms. The van der Waals surface area contributed by atoms with Crippen LogP contribution in [0.25, 0.3) is 0 Å². The van der Waals surface area contributed by atoms with Crippen molar-refractivity contribution in [1.29, 1.82) is 0 Å². The van der Waals surface area contributed by atoms with Crippen LogP contribution in [0.5, 0.6) is 0 Å². The summed E-state index contributed by atoms with van der Waals surface area (Å²) in [6.07, 6.45) is 13.2. The summed E-state index contributed by atoms with van der Waals surface area (Å²) in [5.74, 6) is -3.19. The van der Waals surface area contributed by atoms with Crippen LogP contribution in [0.1, 0.15) is 109 Å². The first kappa shape index (κ1) is 52.3. The first-order valence-corrected chi connectivity index (χ1v) is 20.1. The standard InChI is InChI=1S/C38H69N5O13/c1-39-31(28-44)14-12-13-19-40-35(47)29-55-26-25-54-23-21-42-36(48)30-56-27-24-53-22-20-41-33(45)18-17-32(38(51)52)43-34(46)15-10-8-6-4-2-3-5-7-9-11-16-37(49)50/h28,31-32,39H,2-27,29-30H2,1H3,(H,40,47)(H,41,45)(H,42,48)(H,43,46)(H,49,50)(H,51,52). The Kier molecular flexibility index (Phi) is 35.6. The Hall–Kier alpha value is -3.71. The number of carboxylic acids is 2. The van der Waals surface area contributed by atoms with E-state index in [2.05, 4.69) is 26.6 Å². The summed E-state index contributed by atoms with van der Waals surface area (Å²) in [6, 6.07) is -1.31. The molecular formula is C38H69N5O13. The van der Waals surface area contributed by atoms with Gasteiger partial charge in [0.25, 0.3) is 0 Å². The lowest BCUT2D eigenvalue weighted by atomic mass is 10.0. The van der Waals surface area contributed by atoms with Gasteiger partial charge in [-0.2, -0.15) is 0 Å². The highest BCUT2D eigenvalue weighted by molar-refractivity contribution is 5.84. The van der Waals surface area contributed by atoms with Crippen LogP contribution in [0.4, 0.5) is 0 Å². The molecule has 0 saturated heterocycles. The Bertz CT molecular complexity index is 1080. The van der Waals surface area contributed by atoms with E-state index in [1.54, 1.807) is 7.05 Å². The third-order valence-electron chi connectivity index (χ3n) is 8.48. The second-order valence-electron chi connectivity index (χ2n) is 13.3. The molecule has 4 amide bonds. The maximum absolute atomic E-state index is 12.2. The average molecular weight is 804 g/mol. The molecule has 324 valence electrons. The van der Waals surface area contributed by atoms with Crippen molar-refractivity contribution in [3.63, 3.8) is 0 Å². The quantitative estimate of drug-likeness (QED) is 0.0342. The number of carboxylic acid groups (broad SMARTS) is 2. The Morgan fingerprint density at radius 3 is 1.50 bits per heavy atom. The number of aldehydes is 1. The van der Waals surface area contributed by atoms with Crippen LogP contribution in [0.15, 0.2) is 0 Å². The number of aliphatic carboxylic acids is 2. The lowest BCUT2D eigenvalue weighted by molar-refractivity contribution is -0.142. The SMILES string of the molecule is CNC(C=O)CCCCNC(=O)COCCOCCNC(=O)COCCOCCNC(=O)CCC(NC(=O)CCCCCCCCCCCCC(=O)O)C(=O)O. The Balaban J connectivity index is 3.66.